The number of ether oxygens (including phenoxy) is 1. The summed E-state index contributed by atoms with van der Waals surface area (Å²) in [4.78, 5) is 18.5. The molecule has 2 aliphatic rings. The lowest BCUT2D eigenvalue weighted by Gasteiger charge is -2.20. The van der Waals surface area contributed by atoms with Gasteiger partial charge in [-0.1, -0.05) is 0 Å². The van der Waals surface area contributed by atoms with Crippen molar-refractivity contribution in [3.05, 3.63) is 23.9 Å². The van der Waals surface area contributed by atoms with E-state index >= 15 is 0 Å². The van der Waals surface area contributed by atoms with Crippen LogP contribution in [-0.4, -0.2) is 39.6 Å². The number of aromatic nitrogens is 1. The van der Waals surface area contributed by atoms with Crippen molar-refractivity contribution < 1.29 is 9.53 Å². The average Bonchev–Trinajstić information content (AvgIpc) is 3.10. The highest BCUT2D eigenvalue weighted by molar-refractivity contribution is 8.00. The van der Waals surface area contributed by atoms with E-state index in [0.717, 1.165) is 25.1 Å². The van der Waals surface area contributed by atoms with Crippen LogP contribution in [0.5, 0.6) is 5.88 Å². The van der Waals surface area contributed by atoms with Gasteiger partial charge in [0.15, 0.2) is 0 Å². The quantitative estimate of drug-likeness (QED) is 0.859. The summed E-state index contributed by atoms with van der Waals surface area (Å²) in [6.07, 6.45) is 6.66. The first-order valence-electron chi connectivity index (χ1n) is 7.29. The van der Waals surface area contributed by atoms with Crippen LogP contribution < -0.4 is 4.74 Å². The minimum Gasteiger partial charge on any atom is -0.474 e. The van der Waals surface area contributed by atoms with Crippen molar-refractivity contribution >= 4 is 17.7 Å². The highest BCUT2D eigenvalue weighted by atomic mass is 32.2. The lowest BCUT2D eigenvalue weighted by atomic mass is 10.2. The van der Waals surface area contributed by atoms with Gasteiger partial charge in [-0.15, -0.1) is 11.8 Å². The molecule has 1 aliphatic carbocycles. The van der Waals surface area contributed by atoms with Gasteiger partial charge in [0.1, 0.15) is 6.10 Å². The fourth-order valence-electron chi connectivity index (χ4n) is 2.78. The van der Waals surface area contributed by atoms with Crippen molar-refractivity contribution in [2.75, 3.05) is 12.3 Å². The number of pyridine rings is 1. The molecule has 5 heteroatoms. The van der Waals surface area contributed by atoms with E-state index in [-0.39, 0.29) is 11.3 Å². The van der Waals surface area contributed by atoms with Gasteiger partial charge in [0.2, 0.25) is 5.88 Å². The maximum Gasteiger partial charge on any atom is 0.256 e. The van der Waals surface area contributed by atoms with Crippen LogP contribution in [0.1, 0.15) is 43.0 Å². The molecule has 2 fully saturated rings. The Balaban J connectivity index is 1.64. The molecular weight excluding hydrogens is 272 g/mol. The summed E-state index contributed by atoms with van der Waals surface area (Å²) in [5, 5.41) is 0.261. The van der Waals surface area contributed by atoms with Crippen LogP contribution in [0.15, 0.2) is 18.3 Å². The van der Waals surface area contributed by atoms with E-state index in [1.807, 2.05) is 28.8 Å². The van der Waals surface area contributed by atoms with Crippen molar-refractivity contribution in [2.24, 2.45) is 0 Å². The number of amides is 1. The van der Waals surface area contributed by atoms with E-state index in [9.17, 15) is 4.79 Å². The number of nitrogens with zero attached hydrogens (tertiary/aromatic N) is 2. The minimum atomic E-state index is 0.0717. The fourth-order valence-corrected chi connectivity index (χ4v) is 3.80. The average molecular weight is 292 g/mol. The Morgan fingerprint density at radius 2 is 2.20 bits per heavy atom. The highest BCUT2D eigenvalue weighted by Gasteiger charge is 2.26. The second-order valence-electron chi connectivity index (χ2n) is 5.38. The second kappa shape index (κ2) is 6.04. The number of hydrogen-bond acceptors (Lipinski definition) is 4. The van der Waals surface area contributed by atoms with Crippen LogP contribution >= 0.6 is 11.8 Å². The molecule has 0 spiro atoms. The number of thioether (sulfide) groups is 1. The van der Waals surface area contributed by atoms with Crippen LogP contribution in [0, 0.1) is 0 Å². The predicted molar refractivity (Wildman–Crippen MR) is 80.1 cm³/mol. The van der Waals surface area contributed by atoms with Gasteiger partial charge in [-0.3, -0.25) is 4.79 Å². The third kappa shape index (κ3) is 2.92. The Morgan fingerprint density at radius 1 is 1.40 bits per heavy atom. The molecule has 3 rings (SSSR count). The monoisotopic (exact) mass is 292 g/mol. The maximum absolute atomic E-state index is 12.3. The third-order valence-electron chi connectivity index (χ3n) is 3.96. The molecule has 1 amide bonds. The molecule has 0 N–H and O–H groups in total. The molecule has 1 saturated carbocycles. The smallest absolute Gasteiger partial charge is 0.256 e. The number of carbonyl (C=O) groups excluding carboxylic acids is 1. The zero-order chi connectivity index (χ0) is 13.9. The van der Waals surface area contributed by atoms with Gasteiger partial charge in [0, 0.05) is 24.6 Å². The van der Waals surface area contributed by atoms with Gasteiger partial charge in [-0.2, -0.15) is 0 Å². The number of carbonyl (C=O) groups is 1. The van der Waals surface area contributed by atoms with Gasteiger partial charge in [0.05, 0.1) is 10.9 Å². The predicted octanol–water partition coefficient (Wildman–Crippen LogP) is 2.94. The molecule has 0 radical (unpaired) electrons. The minimum absolute atomic E-state index is 0.0717. The van der Waals surface area contributed by atoms with E-state index in [1.165, 1.54) is 12.8 Å². The Kier molecular flexibility index (Phi) is 4.15. The number of rotatable bonds is 3. The van der Waals surface area contributed by atoms with Gasteiger partial charge < -0.3 is 9.64 Å². The lowest BCUT2D eigenvalue weighted by Crippen LogP contribution is -2.33. The summed E-state index contributed by atoms with van der Waals surface area (Å²) >= 11 is 1.81. The van der Waals surface area contributed by atoms with Crippen molar-refractivity contribution in [2.45, 2.75) is 44.1 Å². The molecular formula is C15H20N2O2S. The van der Waals surface area contributed by atoms with Gasteiger partial charge in [-0.05, 0) is 38.7 Å². The summed E-state index contributed by atoms with van der Waals surface area (Å²) in [5.74, 6) is 1.73. The molecule has 1 unspecified atom stereocenters. The topological polar surface area (TPSA) is 42.4 Å². The lowest BCUT2D eigenvalue weighted by molar-refractivity contribution is 0.0768. The van der Waals surface area contributed by atoms with Crippen LogP contribution in [0.3, 0.4) is 0 Å². The molecule has 1 atom stereocenters. The Hall–Kier alpha value is -1.23. The van der Waals surface area contributed by atoms with Crippen molar-refractivity contribution in [1.29, 1.82) is 0 Å². The van der Waals surface area contributed by atoms with Crippen molar-refractivity contribution in [3.63, 3.8) is 0 Å². The molecule has 1 aromatic heterocycles. The number of hydrogen-bond donors (Lipinski definition) is 0. The largest absolute Gasteiger partial charge is 0.474 e. The standard InChI is InChI=1S/C15H20N2O2S/c1-11-17(8-9-20-11)15(18)12-6-7-14(16-10-12)19-13-4-2-3-5-13/h6-7,10-11,13H,2-5,8-9H2,1H3. The summed E-state index contributed by atoms with van der Waals surface area (Å²) in [6.45, 7) is 2.89. The molecule has 2 heterocycles. The van der Waals surface area contributed by atoms with Gasteiger partial charge >= 0.3 is 0 Å². The van der Waals surface area contributed by atoms with E-state index in [4.69, 9.17) is 4.74 Å². The molecule has 1 saturated heterocycles. The summed E-state index contributed by atoms with van der Waals surface area (Å²) < 4.78 is 5.82. The van der Waals surface area contributed by atoms with Crippen LogP contribution in [0.4, 0.5) is 0 Å². The van der Waals surface area contributed by atoms with Crippen LogP contribution in [-0.2, 0) is 0 Å². The van der Waals surface area contributed by atoms with Crippen molar-refractivity contribution in [3.8, 4) is 5.88 Å². The maximum atomic E-state index is 12.3. The van der Waals surface area contributed by atoms with E-state index < -0.39 is 0 Å². The summed E-state index contributed by atoms with van der Waals surface area (Å²) in [6, 6.07) is 3.65. The molecule has 1 aliphatic heterocycles. The summed E-state index contributed by atoms with van der Waals surface area (Å²) in [5.41, 5.74) is 0.651. The van der Waals surface area contributed by atoms with E-state index in [0.29, 0.717) is 17.5 Å². The molecule has 108 valence electrons. The Morgan fingerprint density at radius 3 is 2.80 bits per heavy atom. The van der Waals surface area contributed by atoms with Crippen LogP contribution in [0.2, 0.25) is 0 Å². The zero-order valence-corrected chi connectivity index (χ0v) is 12.6. The van der Waals surface area contributed by atoms with E-state index in [2.05, 4.69) is 11.9 Å². The zero-order valence-electron chi connectivity index (χ0n) is 11.7. The van der Waals surface area contributed by atoms with Crippen LogP contribution in [0.25, 0.3) is 0 Å². The molecule has 0 bridgehead atoms. The Bertz CT molecular complexity index is 471. The third-order valence-corrected chi connectivity index (χ3v) is 5.12. The van der Waals surface area contributed by atoms with Gasteiger partial charge in [-0.25, -0.2) is 4.98 Å². The first-order valence-corrected chi connectivity index (χ1v) is 8.34. The fraction of sp³-hybridized carbons (Fsp3) is 0.600. The highest BCUT2D eigenvalue weighted by Crippen LogP contribution is 2.26. The normalized spacial score (nSPS) is 23.2. The summed E-state index contributed by atoms with van der Waals surface area (Å²) in [7, 11) is 0. The molecule has 1 aromatic rings. The molecule has 20 heavy (non-hydrogen) atoms. The van der Waals surface area contributed by atoms with E-state index in [1.54, 1.807) is 6.20 Å². The van der Waals surface area contributed by atoms with Gasteiger partial charge in [0.25, 0.3) is 5.91 Å². The Labute approximate surface area is 123 Å². The molecule has 4 nitrogen and oxygen atoms in total. The first-order chi connectivity index (χ1) is 9.74. The van der Waals surface area contributed by atoms with Crippen molar-refractivity contribution in [1.82, 2.24) is 9.88 Å². The molecule has 0 aromatic carbocycles. The SMILES string of the molecule is CC1SCCN1C(=O)c1ccc(OC2CCCC2)nc1. The second-order valence-corrected chi connectivity index (χ2v) is 6.80. The first kappa shape index (κ1) is 13.7.